The van der Waals surface area contributed by atoms with Crippen molar-refractivity contribution in [3.8, 4) is 0 Å². The van der Waals surface area contributed by atoms with E-state index in [1.807, 2.05) is 37.3 Å². The molecule has 0 heterocycles. The predicted molar refractivity (Wildman–Crippen MR) is 66.3 cm³/mol. The van der Waals surface area contributed by atoms with Gasteiger partial charge in [0, 0.05) is 0 Å². The van der Waals surface area contributed by atoms with Crippen molar-refractivity contribution >= 4 is 20.9 Å². The first kappa shape index (κ1) is 13.0. The van der Waals surface area contributed by atoms with E-state index in [1.165, 1.54) is 17.3 Å². The molecule has 1 nitrogen and oxygen atoms in total. The van der Waals surface area contributed by atoms with E-state index in [2.05, 4.69) is 6.92 Å². The van der Waals surface area contributed by atoms with Crippen molar-refractivity contribution in [3.05, 3.63) is 35.9 Å². The Balaban J connectivity index is 2.45. The quantitative estimate of drug-likeness (QED) is 0.630. The molecule has 1 rings (SSSR count). The summed E-state index contributed by atoms with van der Waals surface area (Å²) in [5, 5.41) is 10.3. The van der Waals surface area contributed by atoms with Crippen molar-refractivity contribution in [2.24, 2.45) is 0 Å². The van der Waals surface area contributed by atoms with Crippen LogP contribution in [0.2, 0.25) is 8.94 Å². The number of hydrogen-bond donors (Lipinski definition) is 1. The van der Waals surface area contributed by atoms with Crippen LogP contribution in [0.15, 0.2) is 30.3 Å². The zero-order valence-electron chi connectivity index (χ0n) is 9.57. The van der Waals surface area contributed by atoms with Crippen LogP contribution < -0.4 is 0 Å². The van der Waals surface area contributed by atoms with Crippen LogP contribution in [-0.4, -0.2) is 26.0 Å². The zero-order chi connectivity index (χ0) is 11.1. The van der Waals surface area contributed by atoms with Gasteiger partial charge >= 0.3 is 103 Å². The van der Waals surface area contributed by atoms with Crippen LogP contribution in [0.4, 0.5) is 0 Å². The molecule has 0 saturated heterocycles. The van der Waals surface area contributed by atoms with E-state index in [0.29, 0.717) is 0 Å². The maximum absolute atomic E-state index is 10.3. The first-order valence-corrected chi connectivity index (χ1v) is 8.82. The molecule has 84 valence electrons. The van der Waals surface area contributed by atoms with Gasteiger partial charge in [0.15, 0.2) is 0 Å². The van der Waals surface area contributed by atoms with Gasteiger partial charge in [0.25, 0.3) is 0 Å². The molecule has 15 heavy (non-hydrogen) atoms. The molecule has 1 atom stereocenters. The number of benzene rings is 1. The summed E-state index contributed by atoms with van der Waals surface area (Å²) >= 11 is -0.0206. The van der Waals surface area contributed by atoms with E-state index >= 15 is 0 Å². The van der Waals surface area contributed by atoms with Crippen LogP contribution in [0.1, 0.15) is 32.3 Å². The second-order valence-corrected chi connectivity index (χ2v) is 7.20. The van der Waals surface area contributed by atoms with Gasteiger partial charge in [-0.3, -0.25) is 0 Å². The molecule has 1 aromatic rings. The second-order valence-electron chi connectivity index (χ2n) is 4.05. The molecule has 0 fully saturated rings. The van der Waals surface area contributed by atoms with Gasteiger partial charge in [-0.05, 0) is 0 Å². The molecule has 0 spiro atoms. The van der Waals surface area contributed by atoms with E-state index in [1.54, 1.807) is 0 Å². The Morgan fingerprint density at radius 2 is 1.93 bits per heavy atom. The van der Waals surface area contributed by atoms with E-state index in [4.69, 9.17) is 0 Å². The third-order valence-corrected chi connectivity index (χ3v) is 6.26. The summed E-state index contributed by atoms with van der Waals surface area (Å²) in [6, 6.07) is 10.0. The fraction of sp³-hybridized carbons (Fsp3) is 0.538. The first-order chi connectivity index (χ1) is 7.17. The van der Waals surface area contributed by atoms with E-state index in [9.17, 15) is 5.11 Å². The van der Waals surface area contributed by atoms with Crippen molar-refractivity contribution < 1.29 is 5.11 Å². The van der Waals surface area contributed by atoms with Gasteiger partial charge in [0.2, 0.25) is 0 Å². The van der Waals surface area contributed by atoms with Gasteiger partial charge in [-0.2, -0.15) is 0 Å². The van der Waals surface area contributed by atoms with Crippen LogP contribution in [0, 0.1) is 0 Å². The van der Waals surface area contributed by atoms with Gasteiger partial charge in [-0.15, -0.1) is 0 Å². The molecule has 2 heteroatoms. The molecular formula is C13H20OTe. The number of unbranched alkanes of at least 4 members (excludes halogenated alkanes) is 1. The normalized spacial score (nSPS) is 14.9. The first-order valence-electron chi connectivity index (χ1n) is 5.52. The molecule has 0 aliphatic heterocycles. The van der Waals surface area contributed by atoms with Gasteiger partial charge in [-0.1, -0.05) is 0 Å². The summed E-state index contributed by atoms with van der Waals surface area (Å²) in [6.07, 6.45) is 2.60. The topological polar surface area (TPSA) is 20.2 Å². The SMILES string of the molecule is CCCC[Te]CC(C)(O)c1ccccc1. The van der Waals surface area contributed by atoms with Gasteiger partial charge < -0.3 is 0 Å². The predicted octanol–water partition coefficient (Wildman–Crippen LogP) is 3.24. The number of aliphatic hydroxyl groups is 1. The van der Waals surface area contributed by atoms with Crippen molar-refractivity contribution in [1.29, 1.82) is 0 Å². The Hall–Kier alpha value is -0.0304. The molecule has 1 unspecified atom stereocenters. The molecule has 0 aromatic heterocycles. The third kappa shape index (κ3) is 4.55. The van der Waals surface area contributed by atoms with E-state index in [0.717, 1.165) is 10.0 Å². The van der Waals surface area contributed by atoms with E-state index < -0.39 is 5.60 Å². The molecule has 0 aliphatic carbocycles. The monoisotopic (exact) mass is 322 g/mol. The van der Waals surface area contributed by atoms with Gasteiger partial charge in [0.05, 0.1) is 0 Å². The maximum atomic E-state index is 10.3. The Labute approximate surface area is 103 Å². The summed E-state index contributed by atoms with van der Waals surface area (Å²) in [7, 11) is 0. The van der Waals surface area contributed by atoms with Crippen molar-refractivity contribution in [1.82, 2.24) is 0 Å². The zero-order valence-corrected chi connectivity index (χ0v) is 11.9. The minimum absolute atomic E-state index is 0.0206. The average molecular weight is 320 g/mol. The van der Waals surface area contributed by atoms with Crippen LogP contribution in [0.25, 0.3) is 0 Å². The van der Waals surface area contributed by atoms with Crippen molar-refractivity contribution in [3.63, 3.8) is 0 Å². The Kier molecular flexibility index (Phi) is 5.68. The summed E-state index contributed by atoms with van der Waals surface area (Å²) in [5.41, 5.74) is 0.462. The molecular weight excluding hydrogens is 300 g/mol. The van der Waals surface area contributed by atoms with Crippen molar-refractivity contribution in [2.45, 2.75) is 41.2 Å². The second kappa shape index (κ2) is 6.53. The molecule has 1 aromatic carbocycles. The molecule has 0 amide bonds. The summed E-state index contributed by atoms with van der Waals surface area (Å²) < 4.78 is 2.34. The summed E-state index contributed by atoms with van der Waals surface area (Å²) in [6.45, 7) is 4.17. The summed E-state index contributed by atoms with van der Waals surface area (Å²) in [4.78, 5) is 0. The molecule has 0 aliphatic rings. The van der Waals surface area contributed by atoms with Crippen LogP contribution >= 0.6 is 0 Å². The van der Waals surface area contributed by atoms with Crippen molar-refractivity contribution in [2.75, 3.05) is 0 Å². The van der Waals surface area contributed by atoms with Crippen LogP contribution in [0.5, 0.6) is 0 Å². The minimum atomic E-state index is -0.600. The third-order valence-electron chi connectivity index (χ3n) is 2.42. The molecule has 0 bridgehead atoms. The van der Waals surface area contributed by atoms with Crippen LogP contribution in [-0.2, 0) is 5.60 Å². The van der Waals surface area contributed by atoms with Gasteiger partial charge in [0.1, 0.15) is 0 Å². The molecule has 0 saturated carbocycles. The standard InChI is InChI=1S/C13H20OTe/c1-3-4-10-15-11-13(2,14)12-8-6-5-7-9-12/h5-9,14H,3-4,10-11H2,1-2H3. The molecule has 1 N–H and O–H groups in total. The number of rotatable bonds is 6. The average Bonchev–Trinajstić information content (AvgIpc) is 2.26. The Morgan fingerprint density at radius 1 is 1.27 bits per heavy atom. The van der Waals surface area contributed by atoms with Gasteiger partial charge in [-0.25, -0.2) is 0 Å². The number of hydrogen-bond acceptors (Lipinski definition) is 1. The fourth-order valence-electron chi connectivity index (χ4n) is 1.40. The van der Waals surface area contributed by atoms with Crippen LogP contribution in [0.3, 0.4) is 0 Å². The Morgan fingerprint density at radius 3 is 2.53 bits per heavy atom. The summed E-state index contributed by atoms with van der Waals surface area (Å²) in [5.74, 6) is 0. The molecule has 0 radical (unpaired) electrons. The Bertz CT molecular complexity index is 269. The fourth-order valence-corrected chi connectivity index (χ4v) is 4.83. The van der Waals surface area contributed by atoms with E-state index in [-0.39, 0.29) is 20.9 Å².